The van der Waals surface area contributed by atoms with E-state index < -0.39 is 6.03 Å². The molecule has 0 aliphatic rings. The molecular formula is C18H20ClN3O3. The zero-order chi connectivity index (χ0) is 18.1. The molecule has 2 rings (SSSR count). The van der Waals surface area contributed by atoms with Crippen LogP contribution in [0.25, 0.3) is 0 Å². The van der Waals surface area contributed by atoms with Crippen LogP contribution in [0.1, 0.15) is 16.8 Å². The highest BCUT2D eigenvalue weighted by Crippen LogP contribution is 2.15. The molecule has 0 saturated carbocycles. The van der Waals surface area contributed by atoms with E-state index in [4.69, 9.17) is 16.3 Å². The Labute approximate surface area is 151 Å². The molecule has 0 bridgehead atoms. The van der Waals surface area contributed by atoms with Gasteiger partial charge >= 0.3 is 6.03 Å². The first-order chi connectivity index (χ1) is 12.1. The third-order valence-corrected chi connectivity index (χ3v) is 3.55. The molecule has 25 heavy (non-hydrogen) atoms. The van der Waals surface area contributed by atoms with Gasteiger partial charge in [-0.2, -0.15) is 0 Å². The van der Waals surface area contributed by atoms with E-state index in [2.05, 4.69) is 16.0 Å². The Morgan fingerprint density at radius 1 is 1.04 bits per heavy atom. The van der Waals surface area contributed by atoms with Crippen molar-refractivity contribution >= 4 is 34.9 Å². The average molecular weight is 362 g/mol. The van der Waals surface area contributed by atoms with Gasteiger partial charge in [0, 0.05) is 42.2 Å². The number of amides is 3. The van der Waals surface area contributed by atoms with Gasteiger partial charge < -0.3 is 20.7 Å². The lowest BCUT2D eigenvalue weighted by molar-refractivity contribution is 0.0948. The van der Waals surface area contributed by atoms with Gasteiger partial charge in [0.2, 0.25) is 0 Å². The second-order valence-electron chi connectivity index (χ2n) is 5.27. The molecule has 2 aromatic carbocycles. The summed E-state index contributed by atoms with van der Waals surface area (Å²) in [6.07, 6.45) is 0.740. The Morgan fingerprint density at radius 2 is 1.76 bits per heavy atom. The summed E-state index contributed by atoms with van der Waals surface area (Å²) >= 11 is 5.81. The van der Waals surface area contributed by atoms with Crippen molar-refractivity contribution in [2.24, 2.45) is 0 Å². The summed E-state index contributed by atoms with van der Waals surface area (Å²) in [6, 6.07) is 13.1. The maximum atomic E-state index is 12.1. The molecule has 0 heterocycles. The van der Waals surface area contributed by atoms with E-state index in [-0.39, 0.29) is 5.91 Å². The van der Waals surface area contributed by atoms with Gasteiger partial charge in [0.15, 0.2) is 0 Å². The van der Waals surface area contributed by atoms with Crippen LogP contribution in [0.2, 0.25) is 5.02 Å². The van der Waals surface area contributed by atoms with Crippen molar-refractivity contribution in [2.75, 3.05) is 30.9 Å². The number of anilines is 2. The highest BCUT2D eigenvalue weighted by Gasteiger charge is 2.08. The molecular weight excluding hydrogens is 342 g/mol. The Hall–Kier alpha value is -2.57. The zero-order valence-corrected chi connectivity index (χ0v) is 14.6. The molecule has 132 valence electrons. The average Bonchev–Trinajstić information content (AvgIpc) is 2.61. The molecule has 0 aliphatic carbocycles. The SMILES string of the molecule is COCCCNC(=O)c1cccc(NC(=O)Nc2ccc(Cl)cc2)c1. The van der Waals surface area contributed by atoms with E-state index in [1.54, 1.807) is 55.6 Å². The standard InChI is InChI=1S/C18H20ClN3O3/c1-25-11-3-10-20-17(23)13-4-2-5-16(12-13)22-18(24)21-15-8-6-14(19)7-9-15/h2,4-9,12H,3,10-11H2,1H3,(H,20,23)(H2,21,22,24). The summed E-state index contributed by atoms with van der Waals surface area (Å²) in [5.41, 5.74) is 1.62. The first kappa shape index (κ1) is 18.8. The monoisotopic (exact) mass is 361 g/mol. The smallest absolute Gasteiger partial charge is 0.323 e. The summed E-state index contributed by atoms with van der Waals surface area (Å²) in [7, 11) is 1.62. The maximum Gasteiger partial charge on any atom is 0.323 e. The van der Waals surface area contributed by atoms with Crippen LogP contribution < -0.4 is 16.0 Å². The maximum absolute atomic E-state index is 12.1. The minimum absolute atomic E-state index is 0.196. The van der Waals surface area contributed by atoms with E-state index in [9.17, 15) is 9.59 Å². The van der Waals surface area contributed by atoms with Crippen LogP contribution in [0.5, 0.6) is 0 Å². The Bertz CT molecular complexity index is 720. The van der Waals surface area contributed by atoms with Crippen LogP contribution in [-0.2, 0) is 4.74 Å². The van der Waals surface area contributed by atoms with Gasteiger partial charge in [0.05, 0.1) is 0 Å². The number of urea groups is 1. The summed E-state index contributed by atoms with van der Waals surface area (Å²) in [4.78, 5) is 24.1. The highest BCUT2D eigenvalue weighted by atomic mass is 35.5. The molecule has 0 aromatic heterocycles. The number of ether oxygens (including phenoxy) is 1. The number of carbonyl (C=O) groups is 2. The van der Waals surface area contributed by atoms with Gasteiger partial charge in [0.25, 0.3) is 5.91 Å². The third-order valence-electron chi connectivity index (χ3n) is 3.30. The van der Waals surface area contributed by atoms with Crippen molar-refractivity contribution in [2.45, 2.75) is 6.42 Å². The number of carbonyl (C=O) groups excluding carboxylic acids is 2. The predicted molar refractivity (Wildman–Crippen MR) is 99.4 cm³/mol. The van der Waals surface area contributed by atoms with Crippen molar-refractivity contribution in [3.8, 4) is 0 Å². The van der Waals surface area contributed by atoms with Crippen molar-refractivity contribution in [1.82, 2.24) is 5.32 Å². The van der Waals surface area contributed by atoms with Crippen LogP contribution in [0.15, 0.2) is 48.5 Å². The Balaban J connectivity index is 1.90. The first-order valence-corrected chi connectivity index (χ1v) is 8.17. The number of halogens is 1. The van der Waals surface area contributed by atoms with Gasteiger partial charge in [-0.15, -0.1) is 0 Å². The fourth-order valence-corrected chi connectivity index (χ4v) is 2.21. The molecule has 0 aliphatic heterocycles. The van der Waals surface area contributed by atoms with Crippen LogP contribution in [0.4, 0.5) is 16.2 Å². The van der Waals surface area contributed by atoms with E-state index in [1.807, 2.05) is 0 Å². The van der Waals surface area contributed by atoms with Gasteiger partial charge in [-0.1, -0.05) is 17.7 Å². The number of rotatable bonds is 7. The molecule has 6 nitrogen and oxygen atoms in total. The summed E-state index contributed by atoms with van der Waals surface area (Å²) < 4.78 is 4.93. The first-order valence-electron chi connectivity index (χ1n) is 7.79. The van der Waals surface area contributed by atoms with E-state index in [1.165, 1.54) is 0 Å². The van der Waals surface area contributed by atoms with E-state index >= 15 is 0 Å². The van der Waals surface area contributed by atoms with Crippen LogP contribution in [0.3, 0.4) is 0 Å². The molecule has 3 amide bonds. The molecule has 7 heteroatoms. The topological polar surface area (TPSA) is 79.5 Å². The Morgan fingerprint density at radius 3 is 2.48 bits per heavy atom. The van der Waals surface area contributed by atoms with Crippen LogP contribution in [-0.4, -0.2) is 32.2 Å². The number of benzene rings is 2. The van der Waals surface area contributed by atoms with Crippen molar-refractivity contribution in [1.29, 1.82) is 0 Å². The molecule has 2 aromatic rings. The van der Waals surface area contributed by atoms with Gasteiger partial charge in [-0.25, -0.2) is 4.79 Å². The largest absolute Gasteiger partial charge is 0.385 e. The normalized spacial score (nSPS) is 10.2. The summed E-state index contributed by atoms with van der Waals surface area (Å²) in [5, 5.41) is 8.78. The minimum atomic E-state index is -0.403. The minimum Gasteiger partial charge on any atom is -0.385 e. The second-order valence-corrected chi connectivity index (χ2v) is 5.71. The van der Waals surface area contributed by atoms with Crippen molar-refractivity contribution in [3.05, 3.63) is 59.1 Å². The molecule has 0 atom stereocenters. The molecule has 0 unspecified atom stereocenters. The third kappa shape index (κ3) is 6.45. The van der Waals surface area contributed by atoms with E-state index in [0.717, 1.165) is 6.42 Å². The summed E-state index contributed by atoms with van der Waals surface area (Å²) in [6.45, 7) is 1.12. The molecule has 3 N–H and O–H groups in total. The number of hydrogen-bond donors (Lipinski definition) is 3. The fraction of sp³-hybridized carbons (Fsp3) is 0.222. The molecule has 0 saturated heterocycles. The van der Waals surface area contributed by atoms with Crippen molar-refractivity contribution in [3.63, 3.8) is 0 Å². The number of hydrogen-bond acceptors (Lipinski definition) is 3. The van der Waals surface area contributed by atoms with Crippen LogP contribution in [0, 0.1) is 0 Å². The lowest BCUT2D eigenvalue weighted by Crippen LogP contribution is -2.25. The Kier molecular flexibility index (Phi) is 7.25. The lowest BCUT2D eigenvalue weighted by atomic mass is 10.2. The fourth-order valence-electron chi connectivity index (χ4n) is 2.09. The van der Waals surface area contributed by atoms with E-state index in [0.29, 0.717) is 35.1 Å². The highest BCUT2D eigenvalue weighted by molar-refractivity contribution is 6.30. The lowest BCUT2D eigenvalue weighted by Gasteiger charge is -2.09. The van der Waals surface area contributed by atoms with Crippen LogP contribution >= 0.6 is 11.6 Å². The number of nitrogens with one attached hydrogen (secondary N) is 3. The quantitative estimate of drug-likeness (QED) is 0.657. The van der Waals surface area contributed by atoms with Gasteiger partial charge in [0.1, 0.15) is 0 Å². The zero-order valence-electron chi connectivity index (χ0n) is 13.8. The summed E-state index contributed by atoms with van der Waals surface area (Å²) in [5.74, 6) is -0.196. The molecule has 0 spiro atoms. The molecule has 0 radical (unpaired) electrons. The molecule has 0 fully saturated rings. The van der Waals surface area contributed by atoms with Crippen molar-refractivity contribution < 1.29 is 14.3 Å². The second kappa shape index (κ2) is 9.66. The predicted octanol–water partition coefficient (Wildman–Crippen LogP) is 3.75. The number of methoxy groups -OCH3 is 1. The van der Waals surface area contributed by atoms with Gasteiger partial charge in [-0.05, 0) is 48.9 Å². The van der Waals surface area contributed by atoms with Gasteiger partial charge in [-0.3, -0.25) is 4.79 Å².